The van der Waals surface area contributed by atoms with Gasteiger partial charge in [-0.05, 0) is 24.3 Å². The lowest BCUT2D eigenvalue weighted by Crippen LogP contribution is -2.09. The first-order chi connectivity index (χ1) is 11.2. The maximum absolute atomic E-state index is 5.77. The fourth-order valence-corrected chi connectivity index (χ4v) is 2.21. The van der Waals surface area contributed by atoms with Gasteiger partial charge in [-0.2, -0.15) is 4.68 Å². The van der Waals surface area contributed by atoms with Crippen molar-refractivity contribution in [2.45, 2.75) is 26.2 Å². The molecule has 0 aliphatic heterocycles. The zero-order valence-electron chi connectivity index (χ0n) is 13.4. The van der Waals surface area contributed by atoms with Gasteiger partial charge in [0.05, 0.1) is 6.61 Å². The van der Waals surface area contributed by atoms with Crippen LogP contribution in [0.2, 0.25) is 0 Å². The molecule has 3 aromatic rings. The van der Waals surface area contributed by atoms with Crippen LogP contribution in [0.1, 0.15) is 31.4 Å². The van der Waals surface area contributed by atoms with E-state index in [1.54, 1.807) is 6.20 Å². The summed E-state index contributed by atoms with van der Waals surface area (Å²) in [6, 6.07) is 15.6. The van der Waals surface area contributed by atoms with E-state index in [2.05, 4.69) is 28.9 Å². The highest BCUT2D eigenvalue weighted by Gasteiger charge is 2.14. The SMILES string of the molecule is CC(C)c1nc(CCOc2ccccc2)n(-c2ccccn2)n1. The van der Waals surface area contributed by atoms with E-state index in [0.717, 1.165) is 23.2 Å². The van der Waals surface area contributed by atoms with Crippen LogP contribution in [0.15, 0.2) is 54.7 Å². The number of hydrogen-bond acceptors (Lipinski definition) is 4. The van der Waals surface area contributed by atoms with Crippen molar-refractivity contribution in [3.8, 4) is 11.6 Å². The third kappa shape index (κ3) is 3.74. The molecule has 118 valence electrons. The molecule has 0 saturated heterocycles. The number of pyridine rings is 1. The molecule has 2 heterocycles. The lowest BCUT2D eigenvalue weighted by atomic mass is 10.2. The minimum Gasteiger partial charge on any atom is -0.493 e. The summed E-state index contributed by atoms with van der Waals surface area (Å²) in [5.41, 5.74) is 0. The smallest absolute Gasteiger partial charge is 0.155 e. The van der Waals surface area contributed by atoms with Crippen molar-refractivity contribution in [1.82, 2.24) is 19.7 Å². The first kappa shape index (κ1) is 15.2. The van der Waals surface area contributed by atoms with Crippen LogP contribution in [-0.4, -0.2) is 26.4 Å². The fourth-order valence-electron chi connectivity index (χ4n) is 2.21. The first-order valence-electron chi connectivity index (χ1n) is 7.79. The van der Waals surface area contributed by atoms with Gasteiger partial charge < -0.3 is 4.74 Å². The van der Waals surface area contributed by atoms with Crippen molar-refractivity contribution < 1.29 is 4.74 Å². The Balaban J connectivity index is 1.77. The van der Waals surface area contributed by atoms with Crippen LogP contribution in [0.25, 0.3) is 5.82 Å². The third-order valence-electron chi connectivity index (χ3n) is 3.41. The van der Waals surface area contributed by atoms with Gasteiger partial charge in [0.25, 0.3) is 0 Å². The fraction of sp³-hybridized carbons (Fsp3) is 0.278. The number of benzene rings is 1. The number of rotatable bonds is 6. The van der Waals surface area contributed by atoms with Gasteiger partial charge in [0, 0.05) is 18.5 Å². The Morgan fingerprint density at radius 2 is 1.83 bits per heavy atom. The number of aromatic nitrogens is 4. The number of hydrogen-bond donors (Lipinski definition) is 0. The zero-order valence-corrected chi connectivity index (χ0v) is 13.4. The van der Waals surface area contributed by atoms with Crippen molar-refractivity contribution in [2.75, 3.05) is 6.61 Å². The average molecular weight is 308 g/mol. The van der Waals surface area contributed by atoms with Crippen LogP contribution < -0.4 is 4.74 Å². The van der Waals surface area contributed by atoms with E-state index in [0.29, 0.717) is 13.0 Å². The van der Waals surface area contributed by atoms with E-state index >= 15 is 0 Å². The van der Waals surface area contributed by atoms with Crippen LogP contribution in [0, 0.1) is 0 Å². The second kappa shape index (κ2) is 7.05. The van der Waals surface area contributed by atoms with Crippen LogP contribution in [-0.2, 0) is 6.42 Å². The Morgan fingerprint density at radius 3 is 2.52 bits per heavy atom. The van der Waals surface area contributed by atoms with Gasteiger partial charge in [-0.15, -0.1) is 5.10 Å². The van der Waals surface area contributed by atoms with Crippen LogP contribution in [0.4, 0.5) is 0 Å². The molecule has 0 bridgehead atoms. The molecule has 1 aromatic carbocycles. The van der Waals surface area contributed by atoms with E-state index in [9.17, 15) is 0 Å². The minimum absolute atomic E-state index is 0.272. The molecule has 23 heavy (non-hydrogen) atoms. The molecule has 0 aliphatic rings. The van der Waals surface area contributed by atoms with E-state index in [1.807, 2.05) is 53.2 Å². The van der Waals surface area contributed by atoms with Crippen LogP contribution >= 0.6 is 0 Å². The Hall–Kier alpha value is -2.69. The van der Waals surface area contributed by atoms with Gasteiger partial charge in [0.15, 0.2) is 11.6 Å². The molecule has 0 fully saturated rings. The number of para-hydroxylation sites is 1. The molecule has 0 atom stereocenters. The standard InChI is InChI=1S/C18H20N4O/c1-14(2)18-20-17(11-13-23-15-8-4-3-5-9-15)22(21-18)16-10-6-7-12-19-16/h3-10,12,14H,11,13H2,1-2H3. The summed E-state index contributed by atoms with van der Waals surface area (Å²) >= 11 is 0. The Kier molecular flexibility index (Phi) is 4.66. The predicted molar refractivity (Wildman–Crippen MR) is 88.9 cm³/mol. The van der Waals surface area contributed by atoms with Crippen molar-refractivity contribution in [2.24, 2.45) is 0 Å². The van der Waals surface area contributed by atoms with Crippen LogP contribution in [0.5, 0.6) is 5.75 Å². The van der Waals surface area contributed by atoms with Gasteiger partial charge >= 0.3 is 0 Å². The molecule has 0 amide bonds. The van der Waals surface area contributed by atoms with Gasteiger partial charge in [0.1, 0.15) is 11.6 Å². The van der Waals surface area contributed by atoms with Crippen molar-refractivity contribution >= 4 is 0 Å². The molecule has 2 aromatic heterocycles. The highest BCUT2D eigenvalue weighted by Crippen LogP contribution is 2.15. The van der Waals surface area contributed by atoms with Gasteiger partial charge in [-0.1, -0.05) is 38.1 Å². The van der Waals surface area contributed by atoms with Gasteiger partial charge in [0.2, 0.25) is 0 Å². The van der Waals surface area contributed by atoms with Crippen molar-refractivity contribution in [1.29, 1.82) is 0 Å². The quantitative estimate of drug-likeness (QED) is 0.700. The topological polar surface area (TPSA) is 52.8 Å². The Morgan fingerprint density at radius 1 is 1.04 bits per heavy atom. The van der Waals surface area contributed by atoms with E-state index < -0.39 is 0 Å². The molecule has 0 saturated carbocycles. The van der Waals surface area contributed by atoms with E-state index in [1.165, 1.54) is 0 Å². The molecular formula is C18H20N4O. The van der Waals surface area contributed by atoms with Gasteiger partial charge in [-0.3, -0.25) is 0 Å². The minimum atomic E-state index is 0.272. The monoisotopic (exact) mass is 308 g/mol. The van der Waals surface area contributed by atoms with E-state index in [-0.39, 0.29) is 5.92 Å². The zero-order chi connectivity index (χ0) is 16.1. The normalized spacial score (nSPS) is 10.9. The Bertz CT molecular complexity index is 738. The maximum atomic E-state index is 5.77. The summed E-state index contributed by atoms with van der Waals surface area (Å²) in [5, 5.41) is 4.59. The van der Waals surface area contributed by atoms with Crippen molar-refractivity contribution in [3.05, 3.63) is 66.4 Å². The number of ether oxygens (including phenoxy) is 1. The van der Waals surface area contributed by atoms with Crippen molar-refractivity contribution in [3.63, 3.8) is 0 Å². The largest absolute Gasteiger partial charge is 0.493 e. The summed E-state index contributed by atoms with van der Waals surface area (Å²) in [4.78, 5) is 9.02. The highest BCUT2D eigenvalue weighted by atomic mass is 16.5. The number of nitrogens with zero attached hydrogens (tertiary/aromatic N) is 4. The van der Waals surface area contributed by atoms with Crippen LogP contribution in [0.3, 0.4) is 0 Å². The summed E-state index contributed by atoms with van der Waals surface area (Å²) < 4.78 is 7.58. The summed E-state index contributed by atoms with van der Waals surface area (Å²) in [5.74, 6) is 3.60. The third-order valence-corrected chi connectivity index (χ3v) is 3.41. The molecule has 3 rings (SSSR count). The molecule has 5 heteroatoms. The molecule has 0 radical (unpaired) electrons. The summed E-state index contributed by atoms with van der Waals surface area (Å²) in [6.45, 7) is 4.72. The average Bonchev–Trinajstić information content (AvgIpc) is 3.01. The molecule has 0 N–H and O–H groups in total. The maximum Gasteiger partial charge on any atom is 0.155 e. The second-order valence-corrected chi connectivity index (χ2v) is 5.55. The first-order valence-corrected chi connectivity index (χ1v) is 7.79. The van der Waals surface area contributed by atoms with E-state index in [4.69, 9.17) is 4.74 Å². The molecule has 0 aliphatic carbocycles. The lowest BCUT2D eigenvalue weighted by molar-refractivity contribution is 0.317. The second-order valence-electron chi connectivity index (χ2n) is 5.55. The summed E-state index contributed by atoms with van der Waals surface area (Å²) in [6.07, 6.45) is 2.43. The Labute approximate surface area is 136 Å². The lowest BCUT2D eigenvalue weighted by Gasteiger charge is -2.07. The molecule has 5 nitrogen and oxygen atoms in total. The van der Waals surface area contributed by atoms with Gasteiger partial charge in [-0.25, -0.2) is 9.97 Å². The summed E-state index contributed by atoms with van der Waals surface area (Å²) in [7, 11) is 0. The predicted octanol–water partition coefficient (Wildman–Crippen LogP) is 3.41. The molecular weight excluding hydrogens is 288 g/mol. The molecule has 0 unspecified atom stereocenters. The highest BCUT2D eigenvalue weighted by molar-refractivity contribution is 5.23. The molecule has 0 spiro atoms.